The minimum atomic E-state index is -0.0884. The van der Waals surface area contributed by atoms with Gasteiger partial charge in [0.1, 0.15) is 0 Å². The monoisotopic (exact) mass is 356 g/mol. The van der Waals surface area contributed by atoms with Crippen LogP contribution in [0.2, 0.25) is 0 Å². The van der Waals surface area contributed by atoms with E-state index < -0.39 is 0 Å². The highest BCUT2D eigenvalue weighted by Gasteiger charge is 2.37. The maximum Gasteiger partial charge on any atom is 0.259 e. The first-order valence-corrected chi connectivity index (χ1v) is 9.63. The fourth-order valence-electron chi connectivity index (χ4n) is 3.86. The summed E-state index contributed by atoms with van der Waals surface area (Å²) in [6.45, 7) is 9.74. The molecule has 1 aliphatic heterocycles. The van der Waals surface area contributed by atoms with Gasteiger partial charge in [0.15, 0.2) is 0 Å². The topological polar surface area (TPSA) is 85.2 Å². The van der Waals surface area contributed by atoms with Crippen molar-refractivity contribution < 1.29 is 9.32 Å². The molecule has 1 aliphatic carbocycles. The van der Waals surface area contributed by atoms with E-state index in [4.69, 9.17) is 10.3 Å². The van der Waals surface area contributed by atoms with Gasteiger partial charge < -0.3 is 15.2 Å². The predicted octanol–water partition coefficient (Wildman–Crippen LogP) is 3.42. The lowest BCUT2D eigenvalue weighted by molar-refractivity contribution is 0.0534. The van der Waals surface area contributed by atoms with Gasteiger partial charge in [-0.3, -0.25) is 4.79 Å². The number of piperidine rings is 1. The molecule has 1 amide bonds. The molecule has 1 saturated heterocycles. The van der Waals surface area contributed by atoms with Crippen molar-refractivity contribution in [1.82, 2.24) is 15.0 Å². The van der Waals surface area contributed by atoms with Crippen molar-refractivity contribution in [2.24, 2.45) is 11.1 Å². The molecule has 3 heterocycles. The number of likely N-dealkylation sites (tertiary alicyclic amines) is 1. The van der Waals surface area contributed by atoms with Crippen molar-refractivity contribution in [2.45, 2.75) is 64.8 Å². The number of carbonyl (C=O) groups excluding carboxylic acids is 1. The maximum atomic E-state index is 13.5. The van der Waals surface area contributed by atoms with E-state index in [1.54, 1.807) is 0 Å². The van der Waals surface area contributed by atoms with Crippen LogP contribution in [0, 0.1) is 5.41 Å². The minimum absolute atomic E-state index is 0.0457. The summed E-state index contributed by atoms with van der Waals surface area (Å²) < 4.78 is 5.51. The Hall–Kier alpha value is -1.95. The SMILES string of the molecule is CC(C)c1noc2nc(C3CC3)cc(C(=O)N3CCC(N)C(C)(C)C3)c12. The van der Waals surface area contributed by atoms with E-state index in [0.29, 0.717) is 30.3 Å². The molecule has 1 unspecified atom stereocenters. The van der Waals surface area contributed by atoms with Gasteiger partial charge in [0.05, 0.1) is 16.6 Å². The Morgan fingerprint density at radius 1 is 1.35 bits per heavy atom. The summed E-state index contributed by atoms with van der Waals surface area (Å²) in [5.74, 6) is 0.664. The lowest BCUT2D eigenvalue weighted by atomic mass is 9.79. The van der Waals surface area contributed by atoms with Crippen LogP contribution >= 0.6 is 0 Å². The third-order valence-electron chi connectivity index (χ3n) is 5.86. The Morgan fingerprint density at radius 3 is 2.69 bits per heavy atom. The summed E-state index contributed by atoms with van der Waals surface area (Å²) in [7, 11) is 0. The number of aromatic nitrogens is 2. The number of amides is 1. The largest absolute Gasteiger partial charge is 0.338 e. The van der Waals surface area contributed by atoms with Gasteiger partial charge in [0, 0.05) is 30.7 Å². The molecule has 2 aromatic rings. The number of nitrogens with two attached hydrogens (primary N) is 1. The standard InChI is InChI=1S/C20H28N4O2/c1-11(2)17-16-13(9-14(12-5-6-12)22-18(16)26-23-17)19(25)24-8-7-15(21)20(3,4)10-24/h9,11-12,15H,5-8,10,21H2,1-4H3. The molecule has 26 heavy (non-hydrogen) atoms. The number of fused-ring (bicyclic) bond motifs is 1. The van der Waals surface area contributed by atoms with Crippen molar-refractivity contribution in [1.29, 1.82) is 0 Å². The Kier molecular flexibility index (Phi) is 4.06. The van der Waals surface area contributed by atoms with Crippen molar-refractivity contribution in [3.8, 4) is 0 Å². The van der Waals surface area contributed by atoms with E-state index in [1.165, 1.54) is 0 Å². The highest BCUT2D eigenvalue weighted by atomic mass is 16.5. The summed E-state index contributed by atoms with van der Waals surface area (Å²) in [5.41, 5.74) is 9.11. The molecule has 2 N–H and O–H groups in total. The van der Waals surface area contributed by atoms with Gasteiger partial charge in [-0.1, -0.05) is 32.9 Å². The van der Waals surface area contributed by atoms with Crippen molar-refractivity contribution >= 4 is 17.0 Å². The Labute approximate surface area is 154 Å². The van der Waals surface area contributed by atoms with Crippen molar-refractivity contribution in [3.05, 3.63) is 23.0 Å². The van der Waals surface area contributed by atoms with Crippen LogP contribution in [0.5, 0.6) is 0 Å². The molecule has 2 aromatic heterocycles. The molecule has 2 fully saturated rings. The maximum absolute atomic E-state index is 13.5. The molecular weight excluding hydrogens is 328 g/mol. The number of nitrogens with zero attached hydrogens (tertiary/aromatic N) is 3. The number of hydrogen-bond acceptors (Lipinski definition) is 5. The summed E-state index contributed by atoms with van der Waals surface area (Å²) in [4.78, 5) is 20.0. The first-order chi connectivity index (χ1) is 12.3. The van der Waals surface area contributed by atoms with E-state index in [2.05, 4.69) is 37.8 Å². The van der Waals surface area contributed by atoms with E-state index in [0.717, 1.165) is 36.0 Å². The minimum Gasteiger partial charge on any atom is -0.338 e. The summed E-state index contributed by atoms with van der Waals surface area (Å²) >= 11 is 0. The van der Waals surface area contributed by atoms with Crippen molar-refractivity contribution in [3.63, 3.8) is 0 Å². The summed E-state index contributed by atoms with van der Waals surface area (Å²) in [6.07, 6.45) is 3.08. The molecular formula is C20H28N4O2. The fraction of sp³-hybridized carbons (Fsp3) is 0.650. The Bertz CT molecular complexity index is 851. The van der Waals surface area contributed by atoms with Gasteiger partial charge in [0.25, 0.3) is 11.6 Å². The molecule has 140 valence electrons. The zero-order valence-electron chi connectivity index (χ0n) is 16.1. The third kappa shape index (κ3) is 2.90. The lowest BCUT2D eigenvalue weighted by Gasteiger charge is -2.42. The molecule has 6 heteroatoms. The molecule has 2 aliphatic rings. The predicted molar refractivity (Wildman–Crippen MR) is 100 cm³/mol. The highest BCUT2D eigenvalue weighted by Crippen LogP contribution is 2.41. The van der Waals surface area contributed by atoms with E-state index in [9.17, 15) is 4.79 Å². The van der Waals surface area contributed by atoms with Crippen LogP contribution in [-0.4, -0.2) is 40.1 Å². The van der Waals surface area contributed by atoms with Gasteiger partial charge in [-0.25, -0.2) is 4.98 Å². The number of rotatable bonds is 3. The molecule has 0 aromatic carbocycles. The molecule has 0 radical (unpaired) electrons. The molecule has 4 rings (SSSR count). The van der Waals surface area contributed by atoms with Crippen LogP contribution in [0.3, 0.4) is 0 Å². The number of hydrogen-bond donors (Lipinski definition) is 1. The van der Waals surface area contributed by atoms with Gasteiger partial charge in [0.2, 0.25) is 0 Å². The Morgan fingerprint density at radius 2 is 2.08 bits per heavy atom. The average molecular weight is 356 g/mol. The van der Waals surface area contributed by atoms with Gasteiger partial charge in [-0.15, -0.1) is 0 Å². The smallest absolute Gasteiger partial charge is 0.259 e. The van der Waals surface area contributed by atoms with E-state index in [1.807, 2.05) is 11.0 Å². The second-order valence-corrected chi connectivity index (χ2v) is 8.88. The number of carbonyl (C=O) groups is 1. The van der Waals surface area contributed by atoms with Crippen LogP contribution in [-0.2, 0) is 0 Å². The third-order valence-corrected chi connectivity index (χ3v) is 5.86. The zero-order chi connectivity index (χ0) is 18.6. The first kappa shape index (κ1) is 17.5. The molecule has 1 saturated carbocycles. The van der Waals surface area contributed by atoms with Gasteiger partial charge >= 0.3 is 0 Å². The second-order valence-electron chi connectivity index (χ2n) is 8.88. The normalized spacial score (nSPS) is 23.0. The van der Waals surface area contributed by atoms with Crippen LogP contribution in [0.15, 0.2) is 10.6 Å². The van der Waals surface area contributed by atoms with Gasteiger partial charge in [-0.2, -0.15) is 0 Å². The quantitative estimate of drug-likeness (QED) is 0.911. The fourth-order valence-corrected chi connectivity index (χ4v) is 3.86. The molecule has 0 bridgehead atoms. The van der Waals surface area contributed by atoms with Crippen molar-refractivity contribution in [2.75, 3.05) is 13.1 Å². The lowest BCUT2D eigenvalue weighted by Crippen LogP contribution is -2.54. The average Bonchev–Trinajstić information content (AvgIpc) is 3.34. The van der Waals surface area contributed by atoms with Crippen LogP contribution in [0.1, 0.15) is 80.5 Å². The van der Waals surface area contributed by atoms with Gasteiger partial charge in [-0.05, 0) is 36.7 Å². The second kappa shape index (κ2) is 6.05. The summed E-state index contributed by atoms with van der Waals surface area (Å²) in [5, 5.41) is 5.00. The highest BCUT2D eigenvalue weighted by molar-refractivity contribution is 6.06. The molecule has 0 spiro atoms. The number of pyridine rings is 1. The Balaban J connectivity index is 1.78. The van der Waals surface area contributed by atoms with Crippen LogP contribution in [0.4, 0.5) is 0 Å². The van der Waals surface area contributed by atoms with Crippen LogP contribution in [0.25, 0.3) is 11.1 Å². The summed E-state index contributed by atoms with van der Waals surface area (Å²) in [6, 6.07) is 2.10. The van der Waals surface area contributed by atoms with E-state index in [-0.39, 0.29) is 23.3 Å². The molecule has 1 atom stereocenters. The van der Waals surface area contributed by atoms with E-state index >= 15 is 0 Å². The molecule has 6 nitrogen and oxygen atoms in total. The zero-order valence-corrected chi connectivity index (χ0v) is 16.1. The van der Waals surface area contributed by atoms with Crippen LogP contribution < -0.4 is 5.73 Å². The first-order valence-electron chi connectivity index (χ1n) is 9.63.